The summed E-state index contributed by atoms with van der Waals surface area (Å²) in [4.78, 5) is 28.5. The predicted octanol–water partition coefficient (Wildman–Crippen LogP) is 0.641. The first kappa shape index (κ1) is 14.5. The normalized spacial score (nSPS) is 38.0. The molecule has 0 N–H and O–H groups in total. The molecule has 3 rings (SSSR count). The highest BCUT2D eigenvalue weighted by Crippen LogP contribution is 2.44. The first-order valence-corrected chi connectivity index (χ1v) is 9.09. The summed E-state index contributed by atoms with van der Waals surface area (Å²) in [6.07, 6.45) is 0.0840. The molecule has 3 atom stereocenters. The number of thioether (sulfide) groups is 2. The lowest BCUT2D eigenvalue weighted by Crippen LogP contribution is -2.59. The number of carbonyl (C=O) groups is 2. The lowest BCUT2D eigenvalue weighted by atomic mass is 10.1. The van der Waals surface area contributed by atoms with Crippen LogP contribution in [0.3, 0.4) is 0 Å². The van der Waals surface area contributed by atoms with E-state index in [0.29, 0.717) is 31.2 Å². The maximum Gasteiger partial charge on any atom is 0.246 e. The minimum absolute atomic E-state index is 0.0840. The van der Waals surface area contributed by atoms with Gasteiger partial charge in [-0.05, 0) is 13.8 Å². The van der Waals surface area contributed by atoms with E-state index < -0.39 is 0 Å². The number of nitrogens with zero attached hydrogens (tertiary/aromatic N) is 2. The molecule has 0 aromatic heterocycles. The van der Waals surface area contributed by atoms with Crippen LogP contribution in [0.1, 0.15) is 13.8 Å². The zero-order chi connectivity index (χ0) is 14.3. The Kier molecular flexibility index (Phi) is 3.94. The summed E-state index contributed by atoms with van der Waals surface area (Å²) in [5.41, 5.74) is 0. The Morgan fingerprint density at radius 3 is 3.05 bits per heavy atom. The molecule has 0 aliphatic carbocycles. The van der Waals surface area contributed by atoms with Crippen LogP contribution in [-0.2, 0) is 14.3 Å². The van der Waals surface area contributed by atoms with Crippen LogP contribution in [0, 0.1) is 0 Å². The molecule has 3 heterocycles. The highest BCUT2D eigenvalue weighted by molar-refractivity contribution is 8.04. The number of hydrogen-bond donors (Lipinski definition) is 0. The van der Waals surface area contributed by atoms with Gasteiger partial charge in [0, 0.05) is 24.6 Å². The van der Waals surface area contributed by atoms with Gasteiger partial charge in [-0.3, -0.25) is 9.59 Å². The van der Waals surface area contributed by atoms with E-state index in [1.54, 1.807) is 23.5 Å². The predicted molar refractivity (Wildman–Crippen MR) is 80.8 cm³/mol. The van der Waals surface area contributed by atoms with E-state index in [0.717, 1.165) is 5.75 Å². The summed E-state index contributed by atoms with van der Waals surface area (Å²) in [5.74, 6) is 2.32. The fourth-order valence-electron chi connectivity index (χ4n) is 3.09. The number of fused-ring (bicyclic) bond motifs is 1. The minimum Gasteiger partial charge on any atom is -0.375 e. The van der Waals surface area contributed by atoms with Crippen LogP contribution in [0.5, 0.6) is 0 Å². The smallest absolute Gasteiger partial charge is 0.246 e. The molecule has 0 saturated carbocycles. The Hall–Kier alpha value is -0.400. The summed E-state index contributed by atoms with van der Waals surface area (Å²) >= 11 is 3.41. The minimum atomic E-state index is -0.288. The SMILES string of the molecule is C[C@@H]1CN(C(=O)[C@H]2CS[C@]3(C)CSCC(=O)N23)CCO1. The lowest BCUT2D eigenvalue weighted by molar-refractivity contribution is -0.149. The second-order valence-electron chi connectivity index (χ2n) is 5.72. The molecule has 0 bridgehead atoms. The topological polar surface area (TPSA) is 49.9 Å². The summed E-state index contributed by atoms with van der Waals surface area (Å²) in [5, 5.41) is 0. The molecule has 0 aromatic carbocycles. The van der Waals surface area contributed by atoms with Gasteiger partial charge in [0.25, 0.3) is 0 Å². The van der Waals surface area contributed by atoms with E-state index in [1.165, 1.54) is 0 Å². The van der Waals surface area contributed by atoms with Crippen molar-refractivity contribution in [3.8, 4) is 0 Å². The van der Waals surface area contributed by atoms with E-state index in [9.17, 15) is 9.59 Å². The number of rotatable bonds is 1. The molecule has 0 unspecified atom stereocenters. The number of ether oxygens (including phenoxy) is 1. The van der Waals surface area contributed by atoms with Gasteiger partial charge < -0.3 is 14.5 Å². The van der Waals surface area contributed by atoms with Crippen molar-refractivity contribution in [3.05, 3.63) is 0 Å². The van der Waals surface area contributed by atoms with Crippen LogP contribution in [-0.4, -0.2) is 75.6 Å². The van der Waals surface area contributed by atoms with Gasteiger partial charge in [-0.2, -0.15) is 0 Å². The maximum atomic E-state index is 12.7. The van der Waals surface area contributed by atoms with Crippen molar-refractivity contribution in [2.75, 3.05) is 37.0 Å². The Bertz CT molecular complexity index is 434. The third-order valence-corrected chi connectivity index (χ3v) is 6.92. The molecular weight excluding hydrogens is 296 g/mol. The quantitative estimate of drug-likeness (QED) is 0.711. The van der Waals surface area contributed by atoms with Crippen molar-refractivity contribution in [2.24, 2.45) is 0 Å². The van der Waals surface area contributed by atoms with Gasteiger partial charge in [0.05, 0.1) is 23.3 Å². The molecule has 112 valence electrons. The van der Waals surface area contributed by atoms with Crippen LogP contribution >= 0.6 is 23.5 Å². The fraction of sp³-hybridized carbons (Fsp3) is 0.846. The Balaban J connectivity index is 1.76. The second kappa shape index (κ2) is 5.42. The van der Waals surface area contributed by atoms with E-state index >= 15 is 0 Å². The monoisotopic (exact) mass is 316 g/mol. The van der Waals surface area contributed by atoms with Gasteiger partial charge >= 0.3 is 0 Å². The first-order valence-electron chi connectivity index (χ1n) is 6.95. The fourth-order valence-corrected chi connectivity index (χ4v) is 5.78. The largest absolute Gasteiger partial charge is 0.375 e. The molecule has 7 heteroatoms. The van der Waals surface area contributed by atoms with Crippen LogP contribution in [0.4, 0.5) is 0 Å². The Labute approximate surface area is 127 Å². The van der Waals surface area contributed by atoms with Crippen LogP contribution in [0.2, 0.25) is 0 Å². The number of carbonyl (C=O) groups excluding carboxylic acids is 2. The van der Waals surface area contributed by atoms with Crippen LogP contribution in [0.25, 0.3) is 0 Å². The Morgan fingerprint density at radius 2 is 2.30 bits per heavy atom. The molecule has 3 aliphatic rings. The van der Waals surface area contributed by atoms with Crippen LogP contribution in [0.15, 0.2) is 0 Å². The van der Waals surface area contributed by atoms with Gasteiger partial charge in [0.2, 0.25) is 11.8 Å². The summed E-state index contributed by atoms with van der Waals surface area (Å²) < 4.78 is 5.49. The van der Waals surface area contributed by atoms with E-state index in [2.05, 4.69) is 6.92 Å². The zero-order valence-corrected chi connectivity index (χ0v) is 13.5. The molecular formula is C13H20N2O3S2. The van der Waals surface area contributed by atoms with Crippen molar-refractivity contribution in [1.29, 1.82) is 0 Å². The summed E-state index contributed by atoms with van der Waals surface area (Å²) in [6.45, 7) is 5.92. The van der Waals surface area contributed by atoms with Gasteiger partial charge in [-0.1, -0.05) is 0 Å². The molecule has 0 spiro atoms. The molecule has 2 amide bonds. The van der Waals surface area contributed by atoms with Gasteiger partial charge in [0.1, 0.15) is 6.04 Å². The maximum absolute atomic E-state index is 12.7. The molecule has 20 heavy (non-hydrogen) atoms. The highest BCUT2D eigenvalue weighted by Gasteiger charge is 2.52. The van der Waals surface area contributed by atoms with E-state index in [-0.39, 0.29) is 28.8 Å². The highest BCUT2D eigenvalue weighted by atomic mass is 32.2. The van der Waals surface area contributed by atoms with Crippen molar-refractivity contribution in [1.82, 2.24) is 9.80 Å². The molecule has 5 nitrogen and oxygen atoms in total. The van der Waals surface area contributed by atoms with Crippen molar-refractivity contribution in [2.45, 2.75) is 30.9 Å². The van der Waals surface area contributed by atoms with Crippen molar-refractivity contribution < 1.29 is 14.3 Å². The summed E-state index contributed by atoms with van der Waals surface area (Å²) in [7, 11) is 0. The first-order chi connectivity index (χ1) is 9.51. The number of amides is 2. The van der Waals surface area contributed by atoms with E-state index in [1.807, 2.05) is 16.7 Å². The third kappa shape index (κ3) is 2.44. The standard InChI is InChI=1S/C13H20N2O3S2/c1-9-5-14(3-4-18-9)12(17)10-6-20-13(2)8-19-7-11(16)15(10)13/h9-10H,3-8H2,1-2H3/t9-,10-,13-/m1/s1. The zero-order valence-electron chi connectivity index (χ0n) is 11.8. The van der Waals surface area contributed by atoms with Crippen molar-refractivity contribution >= 4 is 35.3 Å². The number of hydrogen-bond acceptors (Lipinski definition) is 5. The van der Waals surface area contributed by atoms with Gasteiger partial charge in [-0.25, -0.2) is 0 Å². The molecule has 3 saturated heterocycles. The number of morpholine rings is 1. The lowest BCUT2D eigenvalue weighted by Gasteiger charge is -2.42. The summed E-state index contributed by atoms with van der Waals surface area (Å²) in [6, 6.07) is -0.288. The molecule has 0 aromatic rings. The molecule has 3 fully saturated rings. The van der Waals surface area contributed by atoms with Crippen molar-refractivity contribution in [3.63, 3.8) is 0 Å². The Morgan fingerprint density at radius 1 is 1.50 bits per heavy atom. The van der Waals surface area contributed by atoms with Crippen LogP contribution < -0.4 is 0 Å². The third-order valence-electron chi connectivity index (χ3n) is 4.08. The van der Waals surface area contributed by atoms with Gasteiger partial charge in [0.15, 0.2) is 0 Å². The average Bonchev–Trinajstić information content (AvgIpc) is 2.77. The van der Waals surface area contributed by atoms with Gasteiger partial charge in [-0.15, -0.1) is 23.5 Å². The average molecular weight is 316 g/mol. The molecule has 0 radical (unpaired) electrons. The molecule has 3 aliphatic heterocycles. The van der Waals surface area contributed by atoms with E-state index in [4.69, 9.17) is 4.74 Å². The second-order valence-corrected chi connectivity index (χ2v) is 8.21.